The molecule has 5 heteroatoms. The Labute approximate surface area is 148 Å². The number of nitrogens with two attached hydrogens (primary N) is 1. The maximum Gasteiger partial charge on any atom is 0.210 e. The molecule has 4 nitrogen and oxygen atoms in total. The molecule has 0 atom stereocenters. The third kappa shape index (κ3) is 3.07. The van der Waals surface area contributed by atoms with Crippen LogP contribution in [0.3, 0.4) is 0 Å². The zero-order valence-corrected chi connectivity index (χ0v) is 15.5. The van der Waals surface area contributed by atoms with Crippen molar-refractivity contribution in [2.45, 2.75) is 37.1 Å². The van der Waals surface area contributed by atoms with E-state index >= 15 is 0 Å². The zero-order valence-electron chi connectivity index (χ0n) is 14.7. The summed E-state index contributed by atoms with van der Waals surface area (Å²) in [5.74, 6) is 0.291. The van der Waals surface area contributed by atoms with Crippen LogP contribution >= 0.6 is 0 Å². The largest absolute Gasteiger partial charge is 0.384 e. The van der Waals surface area contributed by atoms with Crippen molar-refractivity contribution in [2.75, 3.05) is 5.73 Å². The van der Waals surface area contributed by atoms with Crippen molar-refractivity contribution in [3.05, 3.63) is 77.0 Å². The summed E-state index contributed by atoms with van der Waals surface area (Å²) in [6, 6.07) is 16.7. The molecule has 0 unspecified atom stereocenters. The summed E-state index contributed by atoms with van der Waals surface area (Å²) in [7, 11) is -3.66. The van der Waals surface area contributed by atoms with E-state index in [0.717, 1.165) is 16.8 Å². The molecular formula is C20H22N2O2S. The van der Waals surface area contributed by atoms with Gasteiger partial charge in [0, 0.05) is 12.2 Å². The maximum absolute atomic E-state index is 13.1. The minimum atomic E-state index is -3.66. The molecule has 1 aromatic heterocycles. The number of anilines is 1. The van der Waals surface area contributed by atoms with E-state index in [1.165, 1.54) is 0 Å². The average Bonchev–Trinajstić information content (AvgIpc) is 2.80. The lowest BCUT2D eigenvalue weighted by Crippen LogP contribution is -2.09. The van der Waals surface area contributed by atoms with Gasteiger partial charge in [-0.15, -0.1) is 0 Å². The van der Waals surface area contributed by atoms with Crippen molar-refractivity contribution >= 4 is 15.7 Å². The molecule has 0 amide bonds. The molecule has 0 aliphatic rings. The van der Waals surface area contributed by atoms with Crippen LogP contribution < -0.4 is 5.73 Å². The first-order valence-electron chi connectivity index (χ1n) is 8.13. The predicted molar refractivity (Wildman–Crippen MR) is 100 cm³/mol. The van der Waals surface area contributed by atoms with Crippen LogP contribution in [0, 0.1) is 20.8 Å². The number of benzene rings is 2. The summed E-state index contributed by atoms with van der Waals surface area (Å²) < 4.78 is 28.1. The monoisotopic (exact) mass is 354 g/mol. The summed E-state index contributed by atoms with van der Waals surface area (Å²) >= 11 is 0. The average molecular weight is 354 g/mol. The van der Waals surface area contributed by atoms with Gasteiger partial charge in [0.05, 0.1) is 4.90 Å². The second-order valence-corrected chi connectivity index (χ2v) is 8.20. The lowest BCUT2D eigenvalue weighted by atomic mass is 10.2. The standard InChI is InChI=1S/C20H22N2O2S/c1-14-9-11-18(12-10-14)25(23,24)19-15(2)16(3)22(20(19)21)13-17-7-5-4-6-8-17/h4-12H,13,21H2,1-3H3. The fraction of sp³-hybridized carbons (Fsp3) is 0.200. The Balaban J connectivity index is 2.11. The number of nitrogens with zero attached hydrogens (tertiary/aromatic N) is 1. The van der Waals surface area contributed by atoms with E-state index in [9.17, 15) is 8.42 Å². The summed E-state index contributed by atoms with van der Waals surface area (Å²) in [4.78, 5) is 0.481. The zero-order chi connectivity index (χ0) is 18.2. The number of aryl methyl sites for hydroxylation is 1. The normalized spacial score (nSPS) is 11.6. The quantitative estimate of drug-likeness (QED) is 0.773. The Morgan fingerprint density at radius 2 is 1.52 bits per heavy atom. The van der Waals surface area contributed by atoms with Crippen molar-refractivity contribution in [1.29, 1.82) is 0 Å². The number of rotatable bonds is 4. The minimum absolute atomic E-state index is 0.213. The van der Waals surface area contributed by atoms with Gasteiger partial charge in [0.25, 0.3) is 0 Å². The van der Waals surface area contributed by atoms with Crippen molar-refractivity contribution in [3.63, 3.8) is 0 Å². The van der Waals surface area contributed by atoms with Crippen molar-refractivity contribution in [1.82, 2.24) is 4.57 Å². The lowest BCUT2D eigenvalue weighted by Gasteiger charge is -2.10. The second-order valence-electron chi connectivity index (χ2n) is 6.31. The van der Waals surface area contributed by atoms with Crippen LogP contribution in [0.2, 0.25) is 0 Å². The highest BCUT2D eigenvalue weighted by Gasteiger charge is 2.28. The van der Waals surface area contributed by atoms with E-state index in [4.69, 9.17) is 5.73 Å². The van der Waals surface area contributed by atoms with Gasteiger partial charge in [-0.2, -0.15) is 0 Å². The van der Waals surface area contributed by atoms with Gasteiger partial charge in [-0.25, -0.2) is 8.42 Å². The highest BCUT2D eigenvalue weighted by molar-refractivity contribution is 7.91. The molecular weight excluding hydrogens is 332 g/mol. The molecule has 0 saturated heterocycles. The fourth-order valence-electron chi connectivity index (χ4n) is 3.01. The van der Waals surface area contributed by atoms with Gasteiger partial charge < -0.3 is 10.3 Å². The number of hydrogen-bond acceptors (Lipinski definition) is 3. The van der Waals surface area contributed by atoms with Gasteiger partial charge in [-0.05, 0) is 44.0 Å². The molecule has 1 heterocycles. The molecule has 3 rings (SSSR count). The van der Waals surface area contributed by atoms with E-state index in [1.54, 1.807) is 24.3 Å². The third-order valence-corrected chi connectivity index (χ3v) is 6.54. The molecule has 0 spiro atoms. The minimum Gasteiger partial charge on any atom is -0.384 e. The van der Waals surface area contributed by atoms with Crippen LogP contribution in [0.25, 0.3) is 0 Å². The van der Waals surface area contributed by atoms with Crippen LogP contribution in [0.1, 0.15) is 22.4 Å². The van der Waals surface area contributed by atoms with E-state index in [2.05, 4.69) is 0 Å². The van der Waals surface area contributed by atoms with Crippen LogP contribution in [0.4, 0.5) is 5.82 Å². The van der Waals surface area contributed by atoms with Gasteiger partial charge in [-0.3, -0.25) is 0 Å². The number of aromatic nitrogens is 1. The first kappa shape index (κ1) is 17.3. The predicted octanol–water partition coefficient (Wildman–Crippen LogP) is 3.88. The van der Waals surface area contributed by atoms with Crippen LogP contribution in [-0.2, 0) is 16.4 Å². The molecule has 3 aromatic rings. The second kappa shape index (κ2) is 6.41. The number of nitrogen functional groups attached to an aromatic ring is 1. The smallest absolute Gasteiger partial charge is 0.210 e. The van der Waals surface area contributed by atoms with Gasteiger partial charge in [0.15, 0.2) is 0 Å². The van der Waals surface area contributed by atoms with Crippen molar-refractivity contribution in [2.24, 2.45) is 0 Å². The lowest BCUT2D eigenvalue weighted by molar-refractivity contribution is 0.596. The summed E-state index contributed by atoms with van der Waals surface area (Å²) in [5.41, 5.74) is 9.95. The molecule has 0 aliphatic carbocycles. The Morgan fingerprint density at radius 3 is 2.12 bits per heavy atom. The first-order chi connectivity index (χ1) is 11.8. The highest BCUT2D eigenvalue weighted by Crippen LogP contribution is 2.33. The molecule has 0 bridgehead atoms. The molecule has 0 aliphatic heterocycles. The summed E-state index contributed by atoms with van der Waals surface area (Å²) in [5, 5.41) is 0. The Hall–Kier alpha value is -2.53. The molecule has 0 fully saturated rings. The Morgan fingerprint density at radius 1 is 0.920 bits per heavy atom. The van der Waals surface area contributed by atoms with Gasteiger partial charge >= 0.3 is 0 Å². The topological polar surface area (TPSA) is 65.1 Å². The molecule has 130 valence electrons. The van der Waals surface area contributed by atoms with E-state index < -0.39 is 9.84 Å². The summed E-state index contributed by atoms with van der Waals surface area (Å²) in [6.07, 6.45) is 0. The molecule has 2 aromatic carbocycles. The van der Waals surface area contributed by atoms with Crippen LogP contribution in [0.5, 0.6) is 0 Å². The Kier molecular flexibility index (Phi) is 4.43. The highest BCUT2D eigenvalue weighted by atomic mass is 32.2. The molecule has 25 heavy (non-hydrogen) atoms. The third-order valence-electron chi connectivity index (χ3n) is 4.60. The SMILES string of the molecule is Cc1ccc(S(=O)(=O)c2c(C)c(C)n(Cc3ccccc3)c2N)cc1. The van der Waals surface area contributed by atoms with E-state index in [-0.39, 0.29) is 9.79 Å². The van der Waals surface area contributed by atoms with Crippen molar-refractivity contribution in [3.8, 4) is 0 Å². The van der Waals surface area contributed by atoms with Crippen LogP contribution in [-0.4, -0.2) is 13.0 Å². The van der Waals surface area contributed by atoms with Gasteiger partial charge in [0.2, 0.25) is 9.84 Å². The maximum atomic E-state index is 13.1. The molecule has 0 saturated carbocycles. The molecule has 0 radical (unpaired) electrons. The number of sulfone groups is 1. The van der Waals surface area contributed by atoms with Gasteiger partial charge in [-0.1, -0.05) is 48.0 Å². The molecule has 2 N–H and O–H groups in total. The fourth-order valence-corrected chi connectivity index (χ4v) is 4.67. The van der Waals surface area contributed by atoms with Crippen LogP contribution in [0.15, 0.2) is 64.4 Å². The summed E-state index contributed by atoms with van der Waals surface area (Å²) in [6.45, 7) is 6.19. The van der Waals surface area contributed by atoms with Crippen molar-refractivity contribution < 1.29 is 8.42 Å². The van der Waals surface area contributed by atoms with E-state index in [0.29, 0.717) is 17.9 Å². The number of hydrogen-bond donors (Lipinski definition) is 1. The first-order valence-corrected chi connectivity index (χ1v) is 9.61. The van der Waals surface area contributed by atoms with Gasteiger partial charge in [0.1, 0.15) is 10.7 Å². The van der Waals surface area contributed by atoms with E-state index in [1.807, 2.05) is 55.7 Å². The Bertz CT molecular complexity index is 1000.